The summed E-state index contributed by atoms with van der Waals surface area (Å²) in [5, 5.41) is 2.22. The Morgan fingerprint density at radius 2 is 1.74 bits per heavy atom. The number of nitrogens with one attached hydrogen (secondary N) is 2. The van der Waals surface area contributed by atoms with Gasteiger partial charge in [-0.1, -0.05) is 18.2 Å². The Bertz CT molecular complexity index is 1760. The van der Waals surface area contributed by atoms with E-state index >= 15 is 0 Å². The minimum Gasteiger partial charge on any atom is -0.444 e. The van der Waals surface area contributed by atoms with Gasteiger partial charge in [-0.2, -0.15) is 4.37 Å². The van der Waals surface area contributed by atoms with E-state index in [0.29, 0.717) is 41.9 Å². The molecule has 0 aliphatic carbocycles. The number of aromatic nitrogens is 3. The van der Waals surface area contributed by atoms with Gasteiger partial charge in [0.25, 0.3) is 5.91 Å². The van der Waals surface area contributed by atoms with Gasteiger partial charge in [0.05, 0.1) is 38.9 Å². The van der Waals surface area contributed by atoms with Crippen molar-refractivity contribution in [2.45, 2.75) is 57.8 Å². The molecule has 0 spiro atoms. The summed E-state index contributed by atoms with van der Waals surface area (Å²) >= 11 is 1.24. The number of likely N-dealkylation sites (tertiary alicyclic amines) is 1. The summed E-state index contributed by atoms with van der Waals surface area (Å²) in [5.41, 5.74) is 3.51. The molecule has 0 saturated carbocycles. The first kappa shape index (κ1) is 30.4. The van der Waals surface area contributed by atoms with E-state index < -0.39 is 27.0 Å². The van der Waals surface area contributed by atoms with Crippen molar-refractivity contribution >= 4 is 56.0 Å². The van der Waals surface area contributed by atoms with Crippen LogP contribution in [0.2, 0.25) is 0 Å². The molecule has 2 N–H and O–H groups in total. The number of hydrogen-bond donors (Lipinski definition) is 2. The van der Waals surface area contributed by atoms with Crippen LogP contribution in [0, 0.1) is 6.92 Å². The molecule has 1 saturated heterocycles. The van der Waals surface area contributed by atoms with Crippen LogP contribution in [0.3, 0.4) is 0 Å². The number of rotatable bonds is 7. The highest BCUT2D eigenvalue weighted by Crippen LogP contribution is 2.26. The minimum absolute atomic E-state index is 0.289. The van der Waals surface area contributed by atoms with E-state index in [4.69, 9.17) is 4.74 Å². The number of aryl methyl sites for hydroxylation is 1. The number of sulfonamides is 1. The molecule has 0 unspecified atom stereocenters. The number of carbonyl (C=O) groups excluding carboxylic acids is 2. The number of hydrogen-bond acceptors (Lipinski definition) is 9. The zero-order valence-electron chi connectivity index (χ0n) is 24.5. The highest BCUT2D eigenvalue weighted by molar-refractivity contribution is 7.93. The van der Waals surface area contributed by atoms with Gasteiger partial charge in [-0.05, 0) is 82.4 Å². The molecule has 226 valence electrons. The molecule has 2 aromatic heterocycles. The molecular formula is C30H34N6O5S2. The van der Waals surface area contributed by atoms with Crippen molar-refractivity contribution in [3.05, 3.63) is 76.6 Å². The monoisotopic (exact) mass is 622 g/mol. The number of piperidine rings is 1. The fourth-order valence-electron chi connectivity index (χ4n) is 4.85. The fraction of sp³-hybridized carbons (Fsp3) is 0.367. The Kier molecular flexibility index (Phi) is 8.65. The lowest BCUT2D eigenvalue weighted by Crippen LogP contribution is -2.45. The second-order valence-corrected chi connectivity index (χ2v) is 14.3. The Balaban J connectivity index is 1.23. The molecule has 5 rings (SSSR count). The van der Waals surface area contributed by atoms with Gasteiger partial charge in [0.2, 0.25) is 10.0 Å². The lowest BCUT2D eigenvalue weighted by atomic mass is 10.1. The molecule has 0 atom stereocenters. The summed E-state index contributed by atoms with van der Waals surface area (Å²) in [7, 11) is -3.74. The van der Waals surface area contributed by atoms with Gasteiger partial charge >= 0.3 is 6.09 Å². The number of benzene rings is 2. The predicted octanol–water partition coefficient (Wildman–Crippen LogP) is 5.38. The average Bonchev–Trinajstić information content (AvgIpc) is 3.31. The van der Waals surface area contributed by atoms with E-state index in [1.54, 1.807) is 58.2 Å². The van der Waals surface area contributed by atoms with Gasteiger partial charge in [-0.25, -0.2) is 18.2 Å². The van der Waals surface area contributed by atoms with Crippen molar-refractivity contribution in [3.8, 4) is 0 Å². The molecule has 1 aliphatic rings. The van der Waals surface area contributed by atoms with E-state index in [9.17, 15) is 18.0 Å². The molecule has 1 aliphatic heterocycles. The van der Waals surface area contributed by atoms with Crippen molar-refractivity contribution in [1.29, 1.82) is 0 Å². The van der Waals surface area contributed by atoms with Crippen molar-refractivity contribution in [1.82, 2.24) is 19.2 Å². The fourth-order valence-corrected chi connectivity index (χ4v) is 7.19. The van der Waals surface area contributed by atoms with E-state index in [0.717, 1.165) is 21.6 Å². The summed E-state index contributed by atoms with van der Waals surface area (Å²) in [6, 6.07) is 14.2. The molecule has 0 radical (unpaired) electrons. The van der Waals surface area contributed by atoms with Crippen LogP contribution in [0.25, 0.3) is 11.0 Å². The molecule has 3 heterocycles. The number of para-hydroxylation sites is 2. The topological polar surface area (TPSA) is 143 Å². The third-order valence-electron chi connectivity index (χ3n) is 6.91. The molecule has 4 aromatic rings. The Morgan fingerprint density at radius 1 is 1.05 bits per heavy atom. The number of anilines is 2. The second kappa shape index (κ2) is 12.3. The van der Waals surface area contributed by atoms with Crippen LogP contribution in [0.1, 0.15) is 60.2 Å². The summed E-state index contributed by atoms with van der Waals surface area (Å²) in [6.45, 7) is 7.74. The lowest BCUT2D eigenvalue weighted by Gasteiger charge is -2.33. The predicted molar refractivity (Wildman–Crippen MR) is 167 cm³/mol. The van der Waals surface area contributed by atoms with Crippen LogP contribution >= 0.6 is 11.5 Å². The van der Waals surface area contributed by atoms with Crippen LogP contribution in [-0.2, 0) is 21.2 Å². The largest absolute Gasteiger partial charge is 0.444 e. The number of carbonyl (C=O) groups is 2. The molecule has 0 bridgehead atoms. The van der Waals surface area contributed by atoms with Crippen molar-refractivity contribution in [2.24, 2.45) is 0 Å². The van der Waals surface area contributed by atoms with Crippen LogP contribution in [0.5, 0.6) is 0 Å². The smallest absolute Gasteiger partial charge is 0.410 e. The van der Waals surface area contributed by atoms with Crippen LogP contribution in [-0.4, -0.2) is 63.6 Å². The highest BCUT2D eigenvalue weighted by atomic mass is 32.2. The Labute approximate surface area is 254 Å². The molecule has 2 aromatic carbocycles. The van der Waals surface area contributed by atoms with Crippen LogP contribution < -0.4 is 10.0 Å². The Morgan fingerprint density at radius 3 is 2.47 bits per heavy atom. The van der Waals surface area contributed by atoms with Gasteiger partial charge in [0.15, 0.2) is 0 Å². The quantitative estimate of drug-likeness (QED) is 0.280. The van der Waals surface area contributed by atoms with E-state index in [1.165, 1.54) is 16.4 Å². The zero-order chi connectivity index (χ0) is 30.8. The van der Waals surface area contributed by atoms with Gasteiger partial charge in [-0.15, -0.1) is 0 Å². The van der Waals surface area contributed by atoms with Crippen molar-refractivity contribution in [3.63, 3.8) is 0 Å². The second-order valence-electron chi connectivity index (χ2n) is 11.4. The minimum atomic E-state index is -3.74. The maximum Gasteiger partial charge on any atom is 0.410 e. The molecule has 43 heavy (non-hydrogen) atoms. The van der Waals surface area contributed by atoms with Crippen LogP contribution in [0.4, 0.5) is 16.2 Å². The molecule has 2 amide bonds. The lowest BCUT2D eigenvalue weighted by molar-refractivity contribution is 0.0217. The first-order chi connectivity index (χ1) is 20.4. The zero-order valence-corrected chi connectivity index (χ0v) is 26.1. The third-order valence-corrected chi connectivity index (χ3v) is 9.72. The molecule has 1 fully saturated rings. The highest BCUT2D eigenvalue weighted by Gasteiger charge is 2.33. The molecular weight excluding hydrogens is 589 g/mol. The van der Waals surface area contributed by atoms with Gasteiger partial charge in [-0.3, -0.25) is 14.5 Å². The maximum atomic E-state index is 13.4. The summed E-state index contributed by atoms with van der Waals surface area (Å²) in [4.78, 5) is 37.2. The van der Waals surface area contributed by atoms with Crippen molar-refractivity contribution < 1.29 is 22.7 Å². The maximum absolute atomic E-state index is 13.4. The first-order valence-electron chi connectivity index (χ1n) is 13.9. The van der Waals surface area contributed by atoms with Crippen LogP contribution in [0.15, 0.2) is 54.7 Å². The normalized spacial score (nSPS) is 14.5. The standard InChI is InChI=1S/C30H34N6O5S2/c1-19-27(26(42-34-19)17-22-18-31-24-10-5-6-11-25(24)32-22)28(37)33-20-8-7-9-21(16-20)35-43(39,40)23-12-14-36(15-13-23)29(38)41-30(2,3)4/h5-11,16,18,23,35H,12-15,17H2,1-4H3,(H,33,37). The SMILES string of the molecule is Cc1nsc(Cc2cnc3ccccc3n2)c1C(=O)Nc1cccc(NS(=O)(=O)C2CCN(C(=O)OC(C)(C)C)CC2)c1. The number of fused-ring (bicyclic) bond motifs is 1. The van der Waals surface area contributed by atoms with E-state index in [2.05, 4.69) is 24.4 Å². The molecule has 13 heteroatoms. The summed E-state index contributed by atoms with van der Waals surface area (Å²) < 4.78 is 38.8. The molecule has 11 nitrogen and oxygen atoms in total. The number of nitrogens with zero attached hydrogens (tertiary/aromatic N) is 4. The average molecular weight is 623 g/mol. The van der Waals surface area contributed by atoms with Gasteiger partial charge in [0, 0.05) is 36.3 Å². The van der Waals surface area contributed by atoms with Gasteiger partial charge < -0.3 is 15.0 Å². The number of ether oxygens (including phenoxy) is 1. The third kappa shape index (κ3) is 7.46. The van der Waals surface area contributed by atoms with Gasteiger partial charge in [0.1, 0.15) is 5.60 Å². The Hall–Kier alpha value is -4.10. The first-order valence-corrected chi connectivity index (χ1v) is 16.3. The number of amides is 2. The van der Waals surface area contributed by atoms with E-state index in [-0.39, 0.29) is 19.0 Å². The van der Waals surface area contributed by atoms with Crippen molar-refractivity contribution in [2.75, 3.05) is 23.1 Å². The summed E-state index contributed by atoms with van der Waals surface area (Å²) in [6.07, 6.45) is 2.25. The summed E-state index contributed by atoms with van der Waals surface area (Å²) in [5.74, 6) is -0.343. The van der Waals surface area contributed by atoms with E-state index in [1.807, 2.05) is 24.3 Å².